The number of fused-ring (bicyclic) bond motifs is 1. The topological polar surface area (TPSA) is 42.2 Å². The summed E-state index contributed by atoms with van der Waals surface area (Å²) in [6.07, 6.45) is 1.79. The molecule has 0 saturated carbocycles. The maximum Gasteiger partial charge on any atom is 0.0609 e. The van der Waals surface area contributed by atoms with E-state index in [-0.39, 0.29) is 0 Å². The molecule has 0 saturated heterocycles. The molecular weight excluding hydrogens is 150 g/mol. The van der Waals surface area contributed by atoms with E-state index in [0.29, 0.717) is 0 Å². The van der Waals surface area contributed by atoms with Crippen LogP contribution in [0.1, 0.15) is 18.2 Å². The van der Waals surface area contributed by atoms with Gasteiger partial charge in [-0.25, -0.2) is 0 Å². The van der Waals surface area contributed by atoms with E-state index in [2.05, 4.69) is 16.8 Å². The summed E-state index contributed by atoms with van der Waals surface area (Å²) < 4.78 is 0. The molecule has 1 aromatic heterocycles. The predicted molar refractivity (Wildman–Crippen MR) is 48.4 cm³/mol. The third-order valence-electron chi connectivity index (χ3n) is 2.38. The van der Waals surface area contributed by atoms with Crippen molar-refractivity contribution in [2.75, 3.05) is 12.3 Å². The van der Waals surface area contributed by atoms with Crippen LogP contribution in [0.15, 0.2) is 12.3 Å². The minimum Gasteiger partial charge on any atom is -0.398 e. The monoisotopic (exact) mass is 163 g/mol. The number of pyridine rings is 1. The molecule has 0 fully saturated rings. The van der Waals surface area contributed by atoms with Crippen molar-refractivity contribution < 1.29 is 0 Å². The average Bonchev–Trinajstić information content (AvgIpc) is 2.49. The molecule has 2 heterocycles. The Morgan fingerprint density at radius 2 is 2.42 bits per heavy atom. The Morgan fingerprint density at radius 3 is 3.08 bits per heavy atom. The van der Waals surface area contributed by atoms with Crippen LogP contribution in [-0.4, -0.2) is 16.4 Å². The highest BCUT2D eigenvalue weighted by Gasteiger charge is 2.19. The Hall–Kier alpha value is -1.09. The lowest BCUT2D eigenvalue weighted by Crippen LogP contribution is -2.14. The third kappa shape index (κ3) is 1.06. The molecule has 1 aliphatic heterocycles. The van der Waals surface area contributed by atoms with E-state index in [1.54, 1.807) is 6.20 Å². The molecule has 1 aromatic rings. The molecule has 0 amide bonds. The summed E-state index contributed by atoms with van der Waals surface area (Å²) >= 11 is 0. The van der Waals surface area contributed by atoms with Gasteiger partial charge in [-0.1, -0.05) is 6.92 Å². The van der Waals surface area contributed by atoms with Crippen LogP contribution in [0.3, 0.4) is 0 Å². The Labute approximate surface area is 72.2 Å². The predicted octanol–water partition coefficient (Wildman–Crippen LogP) is 0.999. The zero-order valence-electron chi connectivity index (χ0n) is 7.25. The number of hydrogen-bond acceptors (Lipinski definition) is 3. The molecule has 0 radical (unpaired) electrons. The lowest BCUT2D eigenvalue weighted by atomic mass is 10.2. The number of anilines is 1. The van der Waals surface area contributed by atoms with E-state index in [1.807, 2.05) is 6.07 Å². The maximum atomic E-state index is 5.82. The number of nitrogens with two attached hydrogens (primary N) is 1. The zero-order chi connectivity index (χ0) is 8.55. The number of nitrogen functional groups attached to an aromatic ring is 1. The summed E-state index contributed by atoms with van der Waals surface area (Å²) in [6.45, 7) is 5.14. The van der Waals surface area contributed by atoms with Crippen LogP contribution in [0.2, 0.25) is 0 Å². The van der Waals surface area contributed by atoms with Crippen molar-refractivity contribution in [3.8, 4) is 0 Å². The molecule has 1 aliphatic rings. The molecule has 2 rings (SSSR count). The molecule has 0 aliphatic carbocycles. The number of hydrogen-bond donors (Lipinski definition) is 1. The first-order valence-corrected chi connectivity index (χ1v) is 4.26. The van der Waals surface area contributed by atoms with Crippen LogP contribution in [-0.2, 0) is 13.1 Å². The van der Waals surface area contributed by atoms with E-state index in [1.165, 1.54) is 5.56 Å². The first kappa shape index (κ1) is 7.55. The quantitative estimate of drug-likeness (QED) is 0.671. The normalized spacial score (nSPS) is 16.4. The van der Waals surface area contributed by atoms with Crippen molar-refractivity contribution in [1.29, 1.82) is 0 Å². The lowest BCUT2D eigenvalue weighted by Gasteiger charge is -2.09. The summed E-state index contributed by atoms with van der Waals surface area (Å²) in [5.41, 5.74) is 9.08. The van der Waals surface area contributed by atoms with E-state index in [4.69, 9.17) is 5.73 Å². The van der Waals surface area contributed by atoms with Crippen molar-refractivity contribution in [1.82, 2.24) is 9.88 Å². The first-order chi connectivity index (χ1) is 5.81. The molecule has 3 nitrogen and oxygen atoms in total. The van der Waals surface area contributed by atoms with Gasteiger partial charge >= 0.3 is 0 Å². The fourth-order valence-electron chi connectivity index (χ4n) is 1.59. The number of rotatable bonds is 1. The van der Waals surface area contributed by atoms with Gasteiger partial charge in [0.15, 0.2) is 0 Å². The highest BCUT2D eigenvalue weighted by atomic mass is 15.1. The first-order valence-electron chi connectivity index (χ1n) is 4.26. The second kappa shape index (κ2) is 2.75. The van der Waals surface area contributed by atoms with Gasteiger partial charge in [0.1, 0.15) is 0 Å². The average molecular weight is 163 g/mol. The summed E-state index contributed by atoms with van der Waals surface area (Å²) in [7, 11) is 0. The van der Waals surface area contributed by atoms with E-state index in [9.17, 15) is 0 Å². The second-order valence-electron chi connectivity index (χ2n) is 3.13. The summed E-state index contributed by atoms with van der Waals surface area (Å²) in [5.74, 6) is 0. The van der Waals surface area contributed by atoms with Crippen molar-refractivity contribution in [3.63, 3.8) is 0 Å². The Kier molecular flexibility index (Phi) is 1.73. The Balaban J connectivity index is 2.35. The Morgan fingerprint density at radius 1 is 1.58 bits per heavy atom. The van der Waals surface area contributed by atoms with Crippen molar-refractivity contribution in [3.05, 3.63) is 23.5 Å². The van der Waals surface area contributed by atoms with Crippen LogP contribution in [0.4, 0.5) is 5.69 Å². The van der Waals surface area contributed by atoms with E-state index < -0.39 is 0 Å². The van der Waals surface area contributed by atoms with Gasteiger partial charge in [-0.05, 0) is 12.6 Å². The molecule has 12 heavy (non-hydrogen) atoms. The molecule has 0 spiro atoms. The van der Waals surface area contributed by atoms with Gasteiger partial charge in [-0.2, -0.15) is 0 Å². The fraction of sp³-hybridized carbons (Fsp3) is 0.444. The summed E-state index contributed by atoms with van der Waals surface area (Å²) in [6, 6.07) is 1.87. The molecule has 64 valence electrons. The standard InChI is InChI=1S/C9H13N3/c1-2-12-5-7-8(10)3-4-11-9(7)6-12/h3-4H,2,5-6H2,1H3,(H2,10,11). The molecule has 3 heteroatoms. The van der Waals surface area contributed by atoms with Gasteiger partial charge < -0.3 is 5.73 Å². The minimum atomic E-state index is 0.885. The van der Waals surface area contributed by atoms with Gasteiger partial charge in [-0.3, -0.25) is 9.88 Å². The van der Waals surface area contributed by atoms with Crippen LogP contribution in [0.25, 0.3) is 0 Å². The summed E-state index contributed by atoms with van der Waals surface area (Å²) in [4.78, 5) is 6.62. The fourth-order valence-corrected chi connectivity index (χ4v) is 1.59. The molecule has 0 atom stereocenters. The highest BCUT2D eigenvalue weighted by molar-refractivity contribution is 5.49. The SMILES string of the molecule is CCN1Cc2nccc(N)c2C1. The van der Waals surface area contributed by atoms with Crippen LogP contribution in [0, 0.1) is 0 Å². The van der Waals surface area contributed by atoms with Crippen molar-refractivity contribution in [2.45, 2.75) is 20.0 Å². The van der Waals surface area contributed by atoms with Gasteiger partial charge in [-0.15, -0.1) is 0 Å². The number of aromatic nitrogens is 1. The zero-order valence-corrected chi connectivity index (χ0v) is 7.25. The van der Waals surface area contributed by atoms with Gasteiger partial charge in [0.05, 0.1) is 5.69 Å². The van der Waals surface area contributed by atoms with Gasteiger partial charge in [0, 0.05) is 30.5 Å². The molecule has 0 unspecified atom stereocenters. The largest absolute Gasteiger partial charge is 0.398 e. The van der Waals surface area contributed by atoms with Gasteiger partial charge in [0.2, 0.25) is 0 Å². The number of nitrogens with zero attached hydrogens (tertiary/aromatic N) is 2. The molecular formula is C9H13N3. The smallest absolute Gasteiger partial charge is 0.0609 e. The van der Waals surface area contributed by atoms with Crippen LogP contribution < -0.4 is 5.73 Å². The molecule has 0 aromatic carbocycles. The van der Waals surface area contributed by atoms with E-state index in [0.717, 1.165) is 31.0 Å². The van der Waals surface area contributed by atoms with Crippen LogP contribution >= 0.6 is 0 Å². The Bertz CT molecular complexity index is 296. The van der Waals surface area contributed by atoms with Crippen molar-refractivity contribution >= 4 is 5.69 Å². The summed E-state index contributed by atoms with van der Waals surface area (Å²) in [5, 5.41) is 0. The van der Waals surface area contributed by atoms with Gasteiger partial charge in [0.25, 0.3) is 0 Å². The molecule has 2 N–H and O–H groups in total. The molecule has 0 bridgehead atoms. The third-order valence-corrected chi connectivity index (χ3v) is 2.38. The second-order valence-corrected chi connectivity index (χ2v) is 3.13. The van der Waals surface area contributed by atoms with Crippen molar-refractivity contribution in [2.24, 2.45) is 0 Å². The van der Waals surface area contributed by atoms with E-state index >= 15 is 0 Å². The van der Waals surface area contributed by atoms with Crippen LogP contribution in [0.5, 0.6) is 0 Å². The lowest BCUT2D eigenvalue weighted by molar-refractivity contribution is 0.299. The maximum absolute atomic E-state index is 5.82. The highest BCUT2D eigenvalue weighted by Crippen LogP contribution is 2.24. The minimum absolute atomic E-state index is 0.885.